The van der Waals surface area contributed by atoms with E-state index < -0.39 is 23.6 Å². The molecule has 2 aromatic carbocycles. The predicted octanol–water partition coefficient (Wildman–Crippen LogP) is 4.03. The van der Waals surface area contributed by atoms with Gasteiger partial charge in [0.25, 0.3) is 5.91 Å². The molecule has 1 heterocycles. The number of carbonyl (C=O) groups is 2. The third kappa shape index (κ3) is 6.92. The molecule has 3 rings (SSSR count). The number of nitrogens with one attached hydrogen (secondary N) is 2. The number of hydrazone groups is 1. The van der Waals surface area contributed by atoms with Gasteiger partial charge >= 0.3 is 6.09 Å². The van der Waals surface area contributed by atoms with Gasteiger partial charge < -0.3 is 14.5 Å². The Hall–Kier alpha value is -3.65. The van der Waals surface area contributed by atoms with Crippen molar-refractivity contribution in [2.24, 2.45) is 5.10 Å². The number of amides is 2. The quantitative estimate of drug-likeness (QED) is 0.418. The number of benzene rings is 2. The van der Waals surface area contributed by atoms with Crippen LogP contribution in [-0.2, 0) is 16.0 Å². The minimum absolute atomic E-state index is 0.129. The van der Waals surface area contributed by atoms with Crippen molar-refractivity contribution in [2.75, 3.05) is 0 Å². The molecule has 9 heteroatoms. The fourth-order valence-electron chi connectivity index (χ4n) is 2.96. The molecular weight excluding hydrogens is 446 g/mol. The number of hydrogen-bond acceptors (Lipinski definition) is 6. The molecule has 2 N–H and O–H groups in total. The van der Waals surface area contributed by atoms with Crippen molar-refractivity contribution in [3.05, 3.63) is 81.2 Å². The highest BCUT2D eigenvalue weighted by Crippen LogP contribution is 2.16. The number of rotatable bonds is 6. The Labute approximate surface area is 195 Å². The number of carbonyl (C=O) groups excluding carboxylic acids is 2. The van der Waals surface area contributed by atoms with E-state index in [1.165, 1.54) is 18.5 Å². The zero-order chi connectivity index (χ0) is 24.0. The van der Waals surface area contributed by atoms with E-state index in [0.29, 0.717) is 16.0 Å². The van der Waals surface area contributed by atoms with Gasteiger partial charge in [-0.2, -0.15) is 5.10 Å². The summed E-state index contributed by atoms with van der Waals surface area (Å²) in [5.74, 6) is -0.575. The Bertz CT molecular complexity index is 1230. The summed E-state index contributed by atoms with van der Waals surface area (Å²) in [6.45, 7) is 5.18. The van der Waals surface area contributed by atoms with Crippen LogP contribution in [0.2, 0.25) is 5.02 Å². The largest absolute Gasteiger partial charge is 0.463 e. The summed E-state index contributed by atoms with van der Waals surface area (Å²) in [7, 11) is 0. The lowest BCUT2D eigenvalue weighted by Crippen LogP contribution is -2.48. The Morgan fingerprint density at radius 2 is 1.91 bits per heavy atom. The van der Waals surface area contributed by atoms with E-state index in [4.69, 9.17) is 20.8 Å². The highest BCUT2D eigenvalue weighted by Gasteiger charge is 2.24. The standard InChI is InChI=1S/C24H24ClN3O5/c1-24(2,3)33-23(31)27-19(11-15-7-5-4-6-8-15)22(30)28-26-13-16-14-32-20-10-9-17(25)12-18(20)21(16)29/h4-10,12-14,19H,11H2,1-3H3,(H,27,31)(H,28,30)/t19-/m0/s1. The van der Waals surface area contributed by atoms with Gasteiger partial charge in [0.05, 0.1) is 17.2 Å². The number of hydrogen-bond donors (Lipinski definition) is 2. The summed E-state index contributed by atoms with van der Waals surface area (Å²) in [6, 6.07) is 13.0. The van der Waals surface area contributed by atoms with Crippen LogP contribution in [0, 0.1) is 0 Å². The summed E-state index contributed by atoms with van der Waals surface area (Å²) in [4.78, 5) is 37.6. The van der Waals surface area contributed by atoms with Crippen molar-refractivity contribution in [3.8, 4) is 0 Å². The Balaban J connectivity index is 1.75. The van der Waals surface area contributed by atoms with Gasteiger partial charge in [-0.25, -0.2) is 10.2 Å². The summed E-state index contributed by atoms with van der Waals surface area (Å²) in [6.07, 6.45) is 1.92. The maximum atomic E-state index is 12.8. The molecular formula is C24H24ClN3O5. The maximum absolute atomic E-state index is 12.8. The number of halogens is 1. The van der Waals surface area contributed by atoms with Gasteiger partial charge in [0, 0.05) is 11.4 Å². The average Bonchev–Trinajstić information content (AvgIpc) is 2.74. The number of fused-ring (bicyclic) bond motifs is 1. The highest BCUT2D eigenvalue weighted by molar-refractivity contribution is 6.31. The summed E-state index contributed by atoms with van der Waals surface area (Å²) in [5, 5.41) is 7.13. The van der Waals surface area contributed by atoms with Gasteiger partial charge in [-0.15, -0.1) is 0 Å². The van der Waals surface area contributed by atoms with Crippen LogP contribution < -0.4 is 16.2 Å². The van der Waals surface area contributed by atoms with E-state index in [2.05, 4.69) is 15.8 Å². The Morgan fingerprint density at radius 1 is 1.18 bits per heavy atom. The van der Waals surface area contributed by atoms with Crippen molar-refractivity contribution < 1.29 is 18.7 Å². The maximum Gasteiger partial charge on any atom is 0.408 e. The molecule has 3 aromatic rings. The van der Waals surface area contributed by atoms with Gasteiger partial charge in [0.1, 0.15) is 23.5 Å². The molecule has 8 nitrogen and oxygen atoms in total. The smallest absolute Gasteiger partial charge is 0.408 e. The van der Waals surface area contributed by atoms with Crippen LogP contribution in [0.3, 0.4) is 0 Å². The first-order chi connectivity index (χ1) is 15.6. The van der Waals surface area contributed by atoms with Gasteiger partial charge in [-0.1, -0.05) is 41.9 Å². The molecule has 1 atom stereocenters. The molecule has 0 unspecified atom stereocenters. The van der Waals surface area contributed by atoms with E-state index >= 15 is 0 Å². The summed E-state index contributed by atoms with van der Waals surface area (Å²) in [5.41, 5.74) is 2.65. The van der Waals surface area contributed by atoms with Gasteiger partial charge in [-0.05, 0) is 44.5 Å². The molecule has 33 heavy (non-hydrogen) atoms. The molecule has 0 radical (unpaired) electrons. The fourth-order valence-corrected chi connectivity index (χ4v) is 3.13. The zero-order valence-corrected chi connectivity index (χ0v) is 19.2. The lowest BCUT2D eigenvalue weighted by Gasteiger charge is -2.23. The molecule has 172 valence electrons. The van der Waals surface area contributed by atoms with Crippen LogP contribution in [-0.4, -0.2) is 29.9 Å². The molecule has 0 spiro atoms. The predicted molar refractivity (Wildman–Crippen MR) is 127 cm³/mol. The van der Waals surface area contributed by atoms with Crippen LogP contribution in [0.5, 0.6) is 0 Å². The topological polar surface area (TPSA) is 110 Å². The van der Waals surface area contributed by atoms with E-state index in [-0.39, 0.29) is 17.4 Å². The normalized spacial score (nSPS) is 12.5. The molecule has 0 bridgehead atoms. The second-order valence-corrected chi connectivity index (χ2v) is 8.72. The number of alkyl carbamates (subject to hydrolysis) is 1. The van der Waals surface area contributed by atoms with Crippen molar-refractivity contribution >= 4 is 40.8 Å². The second kappa shape index (κ2) is 10.3. The Morgan fingerprint density at radius 3 is 2.61 bits per heavy atom. The molecule has 0 aliphatic rings. The van der Waals surface area contributed by atoms with E-state index in [1.807, 2.05) is 30.3 Å². The van der Waals surface area contributed by atoms with Crippen LogP contribution in [0.25, 0.3) is 11.0 Å². The van der Waals surface area contributed by atoms with E-state index in [0.717, 1.165) is 5.56 Å². The molecule has 2 amide bonds. The molecule has 0 fully saturated rings. The van der Waals surface area contributed by atoms with Crippen LogP contribution in [0.1, 0.15) is 31.9 Å². The van der Waals surface area contributed by atoms with Crippen molar-refractivity contribution in [2.45, 2.75) is 38.8 Å². The monoisotopic (exact) mass is 469 g/mol. The molecule has 0 aliphatic heterocycles. The first-order valence-corrected chi connectivity index (χ1v) is 10.6. The third-order valence-corrected chi connectivity index (χ3v) is 4.66. The summed E-state index contributed by atoms with van der Waals surface area (Å²) < 4.78 is 10.7. The van der Waals surface area contributed by atoms with Crippen LogP contribution >= 0.6 is 11.6 Å². The molecule has 0 saturated heterocycles. The van der Waals surface area contributed by atoms with Crippen molar-refractivity contribution in [3.63, 3.8) is 0 Å². The minimum atomic E-state index is -0.953. The van der Waals surface area contributed by atoms with Crippen molar-refractivity contribution in [1.29, 1.82) is 0 Å². The van der Waals surface area contributed by atoms with E-state index in [9.17, 15) is 14.4 Å². The fraction of sp³-hybridized carbons (Fsp3) is 0.250. The van der Waals surface area contributed by atoms with Gasteiger partial charge in [0.2, 0.25) is 5.43 Å². The number of nitrogens with zero attached hydrogens (tertiary/aromatic N) is 1. The molecule has 1 aromatic heterocycles. The molecule has 0 saturated carbocycles. The zero-order valence-electron chi connectivity index (χ0n) is 18.4. The van der Waals surface area contributed by atoms with Crippen LogP contribution in [0.4, 0.5) is 4.79 Å². The number of ether oxygens (including phenoxy) is 1. The first kappa shape index (κ1) is 24.0. The van der Waals surface area contributed by atoms with Crippen molar-refractivity contribution in [1.82, 2.24) is 10.7 Å². The Kier molecular flexibility index (Phi) is 7.50. The summed E-state index contributed by atoms with van der Waals surface area (Å²) >= 11 is 5.96. The van der Waals surface area contributed by atoms with Crippen LogP contribution in [0.15, 0.2) is 69.1 Å². The van der Waals surface area contributed by atoms with Gasteiger partial charge in [0.15, 0.2) is 0 Å². The third-order valence-electron chi connectivity index (χ3n) is 4.43. The van der Waals surface area contributed by atoms with E-state index in [1.54, 1.807) is 32.9 Å². The molecule has 0 aliphatic carbocycles. The lowest BCUT2D eigenvalue weighted by atomic mass is 10.1. The highest BCUT2D eigenvalue weighted by atomic mass is 35.5. The average molecular weight is 470 g/mol. The second-order valence-electron chi connectivity index (χ2n) is 8.28. The SMILES string of the molecule is CC(C)(C)OC(=O)N[C@@H](Cc1ccccc1)C(=O)NN=Cc1coc2ccc(Cl)cc2c1=O. The lowest BCUT2D eigenvalue weighted by molar-refractivity contribution is -0.123. The first-order valence-electron chi connectivity index (χ1n) is 10.2. The van der Waals surface area contributed by atoms with Gasteiger partial charge in [-0.3, -0.25) is 9.59 Å². The minimum Gasteiger partial charge on any atom is -0.463 e.